The topological polar surface area (TPSA) is 64.6 Å². The molecule has 0 unspecified atom stereocenters. The predicted octanol–water partition coefficient (Wildman–Crippen LogP) is 6.24. The molecule has 3 aromatic rings. The smallest absolute Gasteiger partial charge is 0.331 e. The molecule has 33 heavy (non-hydrogen) atoms. The van der Waals surface area contributed by atoms with Gasteiger partial charge in [0, 0.05) is 16.8 Å². The third-order valence-corrected chi connectivity index (χ3v) is 5.07. The molecule has 1 amide bonds. The number of halogens is 1. The Morgan fingerprint density at radius 3 is 2.36 bits per heavy atom. The normalized spacial score (nSPS) is 10.9. The van der Waals surface area contributed by atoms with E-state index in [1.807, 2.05) is 86.6 Å². The van der Waals surface area contributed by atoms with Crippen molar-refractivity contribution in [2.24, 2.45) is 0 Å². The molecule has 0 radical (unpaired) electrons. The van der Waals surface area contributed by atoms with E-state index in [1.54, 1.807) is 6.08 Å². The van der Waals surface area contributed by atoms with Gasteiger partial charge >= 0.3 is 5.97 Å². The van der Waals surface area contributed by atoms with Gasteiger partial charge in [-0.15, -0.1) is 0 Å². The van der Waals surface area contributed by atoms with Crippen LogP contribution in [0.25, 0.3) is 6.08 Å². The number of ether oxygens (including phenoxy) is 2. The Balaban J connectivity index is 1.44. The summed E-state index contributed by atoms with van der Waals surface area (Å²) in [5, 5.41) is 3.48. The molecule has 6 heteroatoms. The van der Waals surface area contributed by atoms with Crippen LogP contribution in [0, 0.1) is 0 Å². The second-order valence-corrected chi connectivity index (χ2v) is 8.15. The van der Waals surface area contributed by atoms with Crippen LogP contribution in [0.3, 0.4) is 0 Å². The number of hydrogen-bond donors (Lipinski definition) is 1. The fourth-order valence-corrected chi connectivity index (χ4v) is 3.20. The molecule has 0 aromatic heterocycles. The molecule has 0 atom stereocenters. The van der Waals surface area contributed by atoms with Gasteiger partial charge in [-0.2, -0.15) is 0 Å². The first-order chi connectivity index (χ1) is 15.9. The highest BCUT2D eigenvalue weighted by Crippen LogP contribution is 2.23. The Morgan fingerprint density at radius 2 is 1.67 bits per heavy atom. The molecule has 0 spiro atoms. The third-order valence-electron chi connectivity index (χ3n) is 4.81. The molecule has 0 saturated carbocycles. The molecule has 3 aromatic carbocycles. The number of rotatable bonds is 9. The van der Waals surface area contributed by atoms with Gasteiger partial charge in [0.25, 0.3) is 5.91 Å². The van der Waals surface area contributed by atoms with Crippen LogP contribution in [-0.2, 0) is 20.9 Å². The van der Waals surface area contributed by atoms with E-state index in [1.165, 1.54) is 6.08 Å². The van der Waals surface area contributed by atoms with Crippen LogP contribution < -0.4 is 10.1 Å². The summed E-state index contributed by atoms with van der Waals surface area (Å²) in [4.78, 5) is 24.1. The lowest BCUT2D eigenvalue weighted by Crippen LogP contribution is -2.21. The van der Waals surface area contributed by atoms with Crippen LogP contribution in [0.4, 0.5) is 5.69 Å². The van der Waals surface area contributed by atoms with Gasteiger partial charge in [-0.25, -0.2) is 4.79 Å². The molecule has 0 aliphatic rings. The van der Waals surface area contributed by atoms with E-state index in [0.717, 1.165) is 22.4 Å². The Kier molecular flexibility index (Phi) is 8.67. The van der Waals surface area contributed by atoms with Crippen molar-refractivity contribution in [1.82, 2.24) is 0 Å². The van der Waals surface area contributed by atoms with Crippen molar-refractivity contribution < 1.29 is 19.1 Å². The molecule has 0 saturated heterocycles. The number of para-hydroxylation sites is 1. The van der Waals surface area contributed by atoms with Gasteiger partial charge < -0.3 is 14.8 Å². The molecule has 0 fully saturated rings. The average Bonchev–Trinajstić information content (AvgIpc) is 2.82. The fourth-order valence-electron chi connectivity index (χ4n) is 3.07. The second-order valence-electron chi connectivity index (χ2n) is 7.72. The highest BCUT2D eigenvalue weighted by atomic mass is 35.5. The van der Waals surface area contributed by atoms with E-state index in [2.05, 4.69) is 5.32 Å². The summed E-state index contributed by atoms with van der Waals surface area (Å²) in [6.45, 7) is 4.18. The van der Waals surface area contributed by atoms with Gasteiger partial charge in [-0.1, -0.05) is 67.9 Å². The molecular weight excluding hydrogens is 438 g/mol. The first kappa shape index (κ1) is 24.1. The van der Waals surface area contributed by atoms with Crippen molar-refractivity contribution in [3.05, 3.63) is 101 Å². The van der Waals surface area contributed by atoms with E-state index in [4.69, 9.17) is 21.1 Å². The maximum absolute atomic E-state index is 12.2. The number of benzene rings is 3. The summed E-state index contributed by atoms with van der Waals surface area (Å²) in [6, 6.07) is 22.3. The fraction of sp³-hybridized carbons (Fsp3) is 0.185. The van der Waals surface area contributed by atoms with Gasteiger partial charge in [-0.3, -0.25) is 4.79 Å². The summed E-state index contributed by atoms with van der Waals surface area (Å²) in [5.74, 6) is 0.00151. The molecule has 5 nitrogen and oxygen atoms in total. The van der Waals surface area contributed by atoms with Gasteiger partial charge in [0.1, 0.15) is 12.4 Å². The van der Waals surface area contributed by atoms with E-state index in [0.29, 0.717) is 17.4 Å². The van der Waals surface area contributed by atoms with E-state index >= 15 is 0 Å². The zero-order valence-electron chi connectivity index (χ0n) is 18.6. The molecular formula is C27H26ClNO4. The van der Waals surface area contributed by atoms with Crippen molar-refractivity contribution in [3.63, 3.8) is 0 Å². The quantitative estimate of drug-likeness (QED) is 0.301. The number of nitrogens with one attached hydrogen (secondary N) is 1. The number of anilines is 1. The van der Waals surface area contributed by atoms with Crippen LogP contribution >= 0.6 is 11.6 Å². The summed E-state index contributed by atoms with van der Waals surface area (Å²) in [7, 11) is 0. The first-order valence-corrected chi connectivity index (χ1v) is 11.0. The van der Waals surface area contributed by atoms with Crippen LogP contribution in [0.2, 0.25) is 5.02 Å². The lowest BCUT2D eigenvalue weighted by atomic mass is 10.0. The van der Waals surface area contributed by atoms with Crippen molar-refractivity contribution in [1.29, 1.82) is 0 Å². The molecule has 170 valence electrons. The van der Waals surface area contributed by atoms with Crippen LogP contribution in [-0.4, -0.2) is 18.5 Å². The molecule has 0 bridgehead atoms. The molecule has 0 heterocycles. The van der Waals surface area contributed by atoms with E-state index < -0.39 is 5.97 Å². The Hall–Kier alpha value is -3.57. The minimum absolute atomic E-state index is 0.265. The number of carbonyl (C=O) groups is 2. The Morgan fingerprint density at radius 1 is 0.970 bits per heavy atom. The molecule has 0 aliphatic carbocycles. The lowest BCUT2D eigenvalue weighted by molar-refractivity contribution is -0.142. The summed E-state index contributed by atoms with van der Waals surface area (Å²) in [6.07, 6.45) is 2.91. The zero-order valence-corrected chi connectivity index (χ0v) is 19.3. The summed E-state index contributed by atoms with van der Waals surface area (Å²) < 4.78 is 10.8. The number of carbonyl (C=O) groups excluding carboxylic acids is 2. The van der Waals surface area contributed by atoms with Crippen molar-refractivity contribution in [2.75, 3.05) is 11.9 Å². The minimum Gasteiger partial charge on any atom is -0.489 e. The van der Waals surface area contributed by atoms with E-state index in [9.17, 15) is 9.59 Å². The van der Waals surface area contributed by atoms with Crippen molar-refractivity contribution >= 4 is 35.2 Å². The Bertz CT molecular complexity index is 1110. The van der Waals surface area contributed by atoms with Crippen molar-refractivity contribution in [2.45, 2.75) is 26.4 Å². The van der Waals surface area contributed by atoms with Gasteiger partial charge in [0.15, 0.2) is 6.61 Å². The minimum atomic E-state index is -0.592. The van der Waals surface area contributed by atoms with Crippen LogP contribution in [0.5, 0.6) is 5.75 Å². The maximum atomic E-state index is 12.2. The van der Waals surface area contributed by atoms with Gasteiger partial charge in [-0.05, 0) is 59.0 Å². The first-order valence-electron chi connectivity index (χ1n) is 10.6. The number of esters is 1. The standard InChI is InChI=1S/C27H26ClNO4/c1-19(2)24-5-3-4-6-25(24)29-26(30)18-33-27(31)16-11-20-9-14-23(15-10-20)32-17-21-7-12-22(28)13-8-21/h3-16,19H,17-18H2,1-2H3,(H,29,30)/b16-11+. The van der Waals surface area contributed by atoms with Crippen LogP contribution in [0.1, 0.15) is 36.5 Å². The molecule has 3 rings (SSSR count). The van der Waals surface area contributed by atoms with Gasteiger partial charge in [0.05, 0.1) is 0 Å². The number of amides is 1. The largest absolute Gasteiger partial charge is 0.489 e. The third kappa shape index (κ3) is 7.81. The van der Waals surface area contributed by atoms with E-state index in [-0.39, 0.29) is 18.4 Å². The molecule has 0 aliphatic heterocycles. The number of hydrogen-bond acceptors (Lipinski definition) is 4. The van der Waals surface area contributed by atoms with Crippen LogP contribution in [0.15, 0.2) is 78.9 Å². The van der Waals surface area contributed by atoms with Gasteiger partial charge in [0.2, 0.25) is 0 Å². The SMILES string of the molecule is CC(C)c1ccccc1NC(=O)COC(=O)/C=C/c1ccc(OCc2ccc(Cl)cc2)cc1. The summed E-state index contributed by atoms with van der Waals surface area (Å²) in [5.41, 5.74) is 3.57. The zero-order chi connectivity index (χ0) is 23.6. The maximum Gasteiger partial charge on any atom is 0.331 e. The van der Waals surface area contributed by atoms with Crippen molar-refractivity contribution in [3.8, 4) is 5.75 Å². The summed E-state index contributed by atoms with van der Waals surface area (Å²) >= 11 is 5.88. The monoisotopic (exact) mass is 463 g/mol. The lowest BCUT2D eigenvalue weighted by Gasteiger charge is -2.13. The predicted molar refractivity (Wildman–Crippen MR) is 131 cm³/mol. The highest BCUT2D eigenvalue weighted by molar-refractivity contribution is 6.30. The molecule has 1 N–H and O–H groups in total. The second kappa shape index (κ2) is 11.9. The Labute approximate surface area is 199 Å². The highest BCUT2D eigenvalue weighted by Gasteiger charge is 2.10. The average molecular weight is 464 g/mol.